The Bertz CT molecular complexity index is 1730. The van der Waals surface area contributed by atoms with Gasteiger partial charge in [-0.3, -0.25) is 4.79 Å². The van der Waals surface area contributed by atoms with E-state index in [1.54, 1.807) is 0 Å². The van der Waals surface area contributed by atoms with E-state index in [1.165, 1.54) is 0 Å². The molecule has 3 aliphatic heterocycles. The molecule has 33 heavy (non-hydrogen) atoms. The van der Waals surface area contributed by atoms with E-state index >= 15 is 0 Å². The Hall–Kier alpha value is -3.39. The molecule has 1 fully saturated rings. The van der Waals surface area contributed by atoms with Crippen molar-refractivity contribution in [3.63, 3.8) is 0 Å². The molecule has 1 amide bonds. The van der Waals surface area contributed by atoms with Gasteiger partial charge in [-0.25, -0.2) is 0 Å². The summed E-state index contributed by atoms with van der Waals surface area (Å²) in [6.45, 7) is 1.91. The maximum absolute atomic E-state index is 13.2. The highest BCUT2D eigenvalue weighted by Gasteiger charge is 2.60. The van der Waals surface area contributed by atoms with Gasteiger partial charge < -0.3 is 29.4 Å². The lowest BCUT2D eigenvalue weighted by Gasteiger charge is -2.38. The third-order valence-corrected chi connectivity index (χ3v) is 8.23. The molecule has 2 bridgehead atoms. The summed E-state index contributed by atoms with van der Waals surface area (Å²) < 4.78 is 10.9. The molecule has 0 spiro atoms. The molecule has 3 aliphatic rings. The lowest BCUT2D eigenvalue weighted by atomic mass is 9.89. The molecule has 0 unspecified atom stereocenters. The van der Waals surface area contributed by atoms with Gasteiger partial charge in [0.1, 0.15) is 11.8 Å². The molecule has 1 saturated heterocycles. The summed E-state index contributed by atoms with van der Waals surface area (Å²) in [6, 6.07) is 16.1. The minimum atomic E-state index is -1.48. The van der Waals surface area contributed by atoms with Crippen LogP contribution in [-0.2, 0) is 17.0 Å². The molecule has 5 heterocycles. The molecule has 5 aromatic rings. The summed E-state index contributed by atoms with van der Waals surface area (Å²) in [5.74, 6) is -0.0555. The van der Waals surface area contributed by atoms with E-state index < -0.39 is 24.2 Å². The van der Waals surface area contributed by atoms with Crippen LogP contribution in [0.1, 0.15) is 35.5 Å². The van der Waals surface area contributed by atoms with Gasteiger partial charge in [-0.15, -0.1) is 0 Å². The van der Waals surface area contributed by atoms with E-state index in [1.807, 2.05) is 49.4 Å². The molecule has 2 aromatic heterocycles. The molecule has 3 atom stereocenters. The molecule has 0 aliphatic carbocycles. The zero-order chi connectivity index (χ0) is 22.3. The number of nitrogens with one attached hydrogen (secondary N) is 1. The van der Waals surface area contributed by atoms with Gasteiger partial charge in [-0.1, -0.05) is 36.4 Å². The standard InChI is InChI=1S/C26H21N3O4/c1-25-26(32,12-30)10-18(33-25)28-16-8-4-2-6-13(16)20-21-15(11-27-24(21)31)19-14-7-3-5-9-17(14)29(25)23(19)22(20)28/h2-9,18,30,32H,10-12H2,1H3,(H,27,31)/t18-,25-,26-/m1/s1. The van der Waals surface area contributed by atoms with Gasteiger partial charge in [-0.2, -0.15) is 0 Å². The van der Waals surface area contributed by atoms with E-state index in [0.29, 0.717) is 6.54 Å². The average Bonchev–Trinajstić information content (AvgIpc) is 3.51. The van der Waals surface area contributed by atoms with Gasteiger partial charge in [0, 0.05) is 34.5 Å². The number of para-hydroxylation sites is 2. The first kappa shape index (κ1) is 18.1. The van der Waals surface area contributed by atoms with Crippen LogP contribution >= 0.6 is 0 Å². The summed E-state index contributed by atoms with van der Waals surface area (Å²) in [4.78, 5) is 13.2. The number of carbonyl (C=O) groups excluding carboxylic acids is 1. The summed E-state index contributed by atoms with van der Waals surface area (Å²) in [6.07, 6.45) is -0.247. The maximum Gasteiger partial charge on any atom is 0.252 e. The van der Waals surface area contributed by atoms with Crippen molar-refractivity contribution in [2.45, 2.75) is 37.4 Å². The molecule has 8 rings (SSSR count). The first-order valence-electron chi connectivity index (χ1n) is 11.3. The Balaban J connectivity index is 1.78. The highest BCUT2D eigenvalue weighted by Crippen LogP contribution is 2.57. The number of rotatable bonds is 1. The van der Waals surface area contributed by atoms with Crippen molar-refractivity contribution < 1.29 is 19.7 Å². The number of aliphatic hydroxyl groups excluding tert-OH is 1. The van der Waals surface area contributed by atoms with E-state index in [-0.39, 0.29) is 12.3 Å². The number of aliphatic hydroxyl groups is 2. The number of hydrogen-bond donors (Lipinski definition) is 3. The second-order valence-electron chi connectivity index (χ2n) is 9.67. The maximum atomic E-state index is 13.2. The zero-order valence-electron chi connectivity index (χ0n) is 17.9. The van der Waals surface area contributed by atoms with Crippen molar-refractivity contribution in [3.8, 4) is 0 Å². The fraction of sp³-hybridized carbons (Fsp3) is 0.269. The van der Waals surface area contributed by atoms with Crippen LogP contribution in [0.3, 0.4) is 0 Å². The Kier molecular flexibility index (Phi) is 2.95. The van der Waals surface area contributed by atoms with Crippen LogP contribution in [0.2, 0.25) is 0 Å². The Morgan fingerprint density at radius 2 is 1.76 bits per heavy atom. The smallest absolute Gasteiger partial charge is 0.252 e. The van der Waals surface area contributed by atoms with Crippen molar-refractivity contribution in [2.24, 2.45) is 0 Å². The zero-order valence-corrected chi connectivity index (χ0v) is 17.9. The predicted octanol–water partition coefficient (Wildman–Crippen LogP) is 3.47. The second kappa shape index (κ2) is 5.39. The van der Waals surface area contributed by atoms with Crippen LogP contribution in [0.4, 0.5) is 0 Å². The Labute approximate surface area is 187 Å². The Morgan fingerprint density at radius 1 is 1.06 bits per heavy atom. The minimum absolute atomic E-state index is 0.0555. The molecule has 7 heteroatoms. The molecular formula is C26H21N3O4. The van der Waals surface area contributed by atoms with E-state index in [4.69, 9.17) is 4.74 Å². The molecular weight excluding hydrogens is 418 g/mol. The van der Waals surface area contributed by atoms with Crippen molar-refractivity contribution in [2.75, 3.05) is 6.61 Å². The largest absolute Gasteiger partial charge is 0.393 e. The molecule has 7 nitrogen and oxygen atoms in total. The third-order valence-electron chi connectivity index (χ3n) is 8.23. The van der Waals surface area contributed by atoms with E-state index in [9.17, 15) is 15.0 Å². The van der Waals surface area contributed by atoms with Crippen molar-refractivity contribution >= 4 is 49.5 Å². The van der Waals surface area contributed by atoms with Crippen molar-refractivity contribution in [1.29, 1.82) is 0 Å². The van der Waals surface area contributed by atoms with Crippen LogP contribution in [0.25, 0.3) is 43.6 Å². The summed E-state index contributed by atoms with van der Waals surface area (Å²) in [7, 11) is 0. The molecule has 0 radical (unpaired) electrons. The number of hydrogen-bond acceptors (Lipinski definition) is 4. The van der Waals surface area contributed by atoms with Crippen LogP contribution in [0, 0.1) is 0 Å². The van der Waals surface area contributed by atoms with Crippen molar-refractivity contribution in [1.82, 2.24) is 14.5 Å². The van der Waals surface area contributed by atoms with E-state index in [2.05, 4.69) is 20.5 Å². The molecule has 3 aromatic carbocycles. The van der Waals surface area contributed by atoms with Gasteiger partial charge in [0.2, 0.25) is 0 Å². The number of nitrogens with zero attached hydrogens (tertiary/aromatic N) is 2. The first-order valence-corrected chi connectivity index (χ1v) is 11.3. The van der Waals surface area contributed by atoms with Gasteiger partial charge in [-0.05, 0) is 24.6 Å². The van der Waals surface area contributed by atoms with Gasteiger partial charge >= 0.3 is 0 Å². The highest BCUT2D eigenvalue weighted by molar-refractivity contribution is 6.31. The highest BCUT2D eigenvalue weighted by atomic mass is 16.6. The van der Waals surface area contributed by atoms with Crippen LogP contribution in [0.5, 0.6) is 0 Å². The van der Waals surface area contributed by atoms with E-state index in [0.717, 1.165) is 54.7 Å². The number of ether oxygens (including phenoxy) is 1. The molecule has 3 N–H and O–H groups in total. The van der Waals surface area contributed by atoms with Crippen LogP contribution < -0.4 is 5.32 Å². The fourth-order valence-corrected chi connectivity index (χ4v) is 6.73. The lowest BCUT2D eigenvalue weighted by Crippen LogP contribution is -2.53. The summed E-state index contributed by atoms with van der Waals surface area (Å²) in [5.41, 5.74) is 2.80. The van der Waals surface area contributed by atoms with Crippen LogP contribution in [0.15, 0.2) is 48.5 Å². The first-order chi connectivity index (χ1) is 16.0. The predicted molar refractivity (Wildman–Crippen MR) is 124 cm³/mol. The molecule has 0 saturated carbocycles. The van der Waals surface area contributed by atoms with Crippen molar-refractivity contribution in [3.05, 3.63) is 59.7 Å². The SMILES string of the molecule is C[C@@]12O[C@H](C[C@@]1(O)CO)n1c3ccccc3c3c4c(c5c6ccccc6n2c5c31)CNC4=O. The third kappa shape index (κ3) is 1.75. The summed E-state index contributed by atoms with van der Waals surface area (Å²) in [5, 5.41) is 29.1. The number of benzene rings is 3. The topological polar surface area (TPSA) is 88.7 Å². The summed E-state index contributed by atoms with van der Waals surface area (Å²) >= 11 is 0. The quantitative estimate of drug-likeness (QED) is 0.373. The number of fused-ring (bicyclic) bond motifs is 13. The number of aromatic nitrogens is 2. The number of amides is 1. The second-order valence-corrected chi connectivity index (χ2v) is 9.67. The number of carbonyl (C=O) groups is 1. The molecule has 164 valence electrons. The van der Waals surface area contributed by atoms with Gasteiger partial charge in [0.05, 0.1) is 34.2 Å². The Morgan fingerprint density at radius 3 is 2.52 bits per heavy atom. The minimum Gasteiger partial charge on any atom is -0.393 e. The van der Waals surface area contributed by atoms with Gasteiger partial charge in [0.15, 0.2) is 5.72 Å². The lowest BCUT2D eigenvalue weighted by molar-refractivity contribution is -0.189. The van der Waals surface area contributed by atoms with Crippen LogP contribution in [-0.4, -0.2) is 37.5 Å². The average molecular weight is 439 g/mol. The fourth-order valence-electron chi connectivity index (χ4n) is 6.73. The van der Waals surface area contributed by atoms with Gasteiger partial charge in [0.25, 0.3) is 5.91 Å². The monoisotopic (exact) mass is 439 g/mol. The normalized spacial score (nSPS) is 27.8.